The number of pyridine rings is 1. The summed E-state index contributed by atoms with van der Waals surface area (Å²) in [5.74, 6) is 1.12. The van der Waals surface area contributed by atoms with E-state index >= 15 is 0 Å². The minimum atomic E-state index is -3.68. The summed E-state index contributed by atoms with van der Waals surface area (Å²) in [6.07, 6.45) is 6.23. The summed E-state index contributed by atoms with van der Waals surface area (Å²) >= 11 is 5.84. The van der Waals surface area contributed by atoms with Gasteiger partial charge in [-0.2, -0.15) is 4.31 Å². The highest BCUT2D eigenvalue weighted by Gasteiger charge is 2.32. The zero-order chi connectivity index (χ0) is 15.7. The molecule has 0 amide bonds. The molecule has 3 rings (SSSR count). The Kier molecular flexibility index (Phi) is 4.07. The highest BCUT2D eigenvalue weighted by Crippen LogP contribution is 2.30. The molecule has 0 unspecified atom stereocenters. The Morgan fingerprint density at radius 1 is 1.32 bits per heavy atom. The van der Waals surface area contributed by atoms with Gasteiger partial charge in [-0.25, -0.2) is 18.4 Å². The van der Waals surface area contributed by atoms with Crippen LogP contribution in [0.25, 0.3) is 0 Å². The first kappa shape index (κ1) is 15.3. The summed E-state index contributed by atoms with van der Waals surface area (Å²) in [7, 11) is -3.68. The van der Waals surface area contributed by atoms with Crippen molar-refractivity contribution in [2.24, 2.45) is 0 Å². The summed E-state index contributed by atoms with van der Waals surface area (Å²) in [5.41, 5.74) is 5.70. The van der Waals surface area contributed by atoms with E-state index in [1.165, 1.54) is 16.6 Å². The third-order valence-corrected chi connectivity index (χ3v) is 5.96. The normalized spacial score (nSPS) is 17.7. The van der Waals surface area contributed by atoms with Crippen molar-refractivity contribution in [2.45, 2.75) is 23.7 Å². The van der Waals surface area contributed by atoms with Crippen LogP contribution < -0.4 is 5.73 Å². The van der Waals surface area contributed by atoms with Gasteiger partial charge >= 0.3 is 0 Å². The van der Waals surface area contributed by atoms with Crippen LogP contribution in [0.5, 0.6) is 0 Å². The molecule has 1 fully saturated rings. The Hall–Kier alpha value is -1.64. The predicted octanol–water partition coefficient (Wildman–Crippen LogP) is 1.61. The van der Waals surface area contributed by atoms with Crippen LogP contribution >= 0.6 is 11.6 Å². The number of nitrogens with one attached hydrogen (secondary N) is 1. The number of hydrogen-bond donors (Lipinski definition) is 2. The summed E-state index contributed by atoms with van der Waals surface area (Å²) in [4.78, 5) is 11.1. The second-order valence-corrected chi connectivity index (χ2v) is 7.53. The molecule has 22 heavy (non-hydrogen) atoms. The number of nitrogens with zero attached hydrogens (tertiary/aromatic N) is 3. The van der Waals surface area contributed by atoms with Gasteiger partial charge in [-0.1, -0.05) is 11.6 Å². The number of aromatic nitrogens is 3. The fraction of sp³-hybridized carbons (Fsp3) is 0.385. The number of halogens is 1. The average Bonchev–Trinajstić information content (AvgIpc) is 3.04. The molecule has 0 bridgehead atoms. The highest BCUT2D eigenvalue weighted by atomic mass is 35.5. The molecule has 1 saturated heterocycles. The molecule has 0 radical (unpaired) electrons. The number of sulfonamides is 1. The van der Waals surface area contributed by atoms with Gasteiger partial charge in [-0.3, -0.25) is 0 Å². The van der Waals surface area contributed by atoms with Gasteiger partial charge in [0, 0.05) is 37.6 Å². The fourth-order valence-electron chi connectivity index (χ4n) is 2.65. The Morgan fingerprint density at radius 3 is 2.68 bits per heavy atom. The Bertz CT molecular complexity index is 755. The lowest BCUT2D eigenvalue weighted by Gasteiger charge is -2.30. The van der Waals surface area contributed by atoms with E-state index in [4.69, 9.17) is 17.3 Å². The second-order valence-electron chi connectivity index (χ2n) is 5.19. The van der Waals surface area contributed by atoms with Crippen molar-refractivity contribution in [1.29, 1.82) is 0 Å². The molecule has 0 aliphatic carbocycles. The van der Waals surface area contributed by atoms with E-state index in [9.17, 15) is 8.42 Å². The Balaban J connectivity index is 1.79. The number of aromatic amines is 1. The minimum absolute atomic E-state index is 0.0300. The topological polar surface area (TPSA) is 105 Å². The molecule has 3 N–H and O–H groups in total. The van der Waals surface area contributed by atoms with Gasteiger partial charge in [-0.15, -0.1) is 0 Å². The van der Waals surface area contributed by atoms with E-state index in [1.807, 2.05) is 0 Å². The lowest BCUT2D eigenvalue weighted by atomic mass is 9.98. The molecule has 2 aromatic rings. The number of H-pyrrole nitrogens is 1. The van der Waals surface area contributed by atoms with Crippen LogP contribution in [0.15, 0.2) is 29.6 Å². The van der Waals surface area contributed by atoms with Gasteiger partial charge in [0.05, 0.1) is 5.02 Å². The van der Waals surface area contributed by atoms with Crippen molar-refractivity contribution in [1.82, 2.24) is 19.3 Å². The van der Waals surface area contributed by atoms with E-state index in [-0.39, 0.29) is 21.7 Å². The average molecular weight is 342 g/mol. The molecule has 3 heterocycles. The standard InChI is InChI=1S/C13H16ClN5O2S/c14-10-7-11(12(15)18-8-10)22(20,21)19-5-1-9(2-6-19)13-16-3-4-17-13/h3-4,7-9H,1-2,5-6H2,(H2,15,18)(H,16,17). The van der Waals surface area contributed by atoms with Crippen molar-refractivity contribution in [3.05, 3.63) is 35.5 Å². The van der Waals surface area contributed by atoms with E-state index in [2.05, 4.69) is 15.0 Å². The van der Waals surface area contributed by atoms with E-state index in [1.54, 1.807) is 12.4 Å². The molecular formula is C13H16ClN5O2S. The van der Waals surface area contributed by atoms with Crippen molar-refractivity contribution in [3.63, 3.8) is 0 Å². The predicted molar refractivity (Wildman–Crippen MR) is 83.0 cm³/mol. The SMILES string of the molecule is Nc1ncc(Cl)cc1S(=O)(=O)N1CCC(c2ncc[nH]2)CC1. The van der Waals surface area contributed by atoms with Crippen molar-refractivity contribution < 1.29 is 8.42 Å². The van der Waals surface area contributed by atoms with Crippen molar-refractivity contribution >= 4 is 27.4 Å². The molecule has 0 saturated carbocycles. The van der Waals surface area contributed by atoms with Gasteiger partial charge in [0.2, 0.25) is 10.0 Å². The monoisotopic (exact) mass is 341 g/mol. The third kappa shape index (κ3) is 2.81. The van der Waals surface area contributed by atoms with Gasteiger partial charge < -0.3 is 10.7 Å². The minimum Gasteiger partial charge on any atom is -0.383 e. The quantitative estimate of drug-likeness (QED) is 0.882. The first-order chi connectivity index (χ1) is 10.5. The largest absolute Gasteiger partial charge is 0.383 e. The van der Waals surface area contributed by atoms with E-state index in [0.717, 1.165) is 5.82 Å². The Morgan fingerprint density at radius 2 is 2.05 bits per heavy atom. The first-order valence-electron chi connectivity index (χ1n) is 6.89. The maximum Gasteiger partial charge on any atom is 0.246 e. The Labute approximate surface area is 133 Å². The molecule has 7 nitrogen and oxygen atoms in total. The summed E-state index contributed by atoms with van der Waals surface area (Å²) in [6, 6.07) is 1.35. The van der Waals surface area contributed by atoms with Crippen LogP contribution in [-0.4, -0.2) is 40.8 Å². The van der Waals surface area contributed by atoms with Crippen molar-refractivity contribution in [3.8, 4) is 0 Å². The molecule has 9 heteroatoms. The number of piperidine rings is 1. The number of imidazole rings is 1. The van der Waals surface area contributed by atoms with Crippen LogP contribution in [0.2, 0.25) is 5.02 Å². The maximum atomic E-state index is 12.7. The first-order valence-corrected chi connectivity index (χ1v) is 8.70. The van der Waals surface area contributed by atoms with Crippen LogP contribution in [0.4, 0.5) is 5.82 Å². The van der Waals surface area contributed by atoms with E-state index in [0.29, 0.717) is 25.9 Å². The van der Waals surface area contributed by atoms with E-state index < -0.39 is 10.0 Å². The number of anilines is 1. The van der Waals surface area contributed by atoms with Gasteiger partial charge in [-0.05, 0) is 18.9 Å². The molecule has 0 aromatic carbocycles. The summed E-state index contributed by atoms with van der Waals surface area (Å²) in [6.45, 7) is 0.833. The van der Waals surface area contributed by atoms with Crippen LogP contribution in [0, 0.1) is 0 Å². The molecule has 1 aliphatic rings. The highest BCUT2D eigenvalue weighted by molar-refractivity contribution is 7.89. The number of hydrogen-bond acceptors (Lipinski definition) is 5. The molecule has 1 aliphatic heterocycles. The van der Waals surface area contributed by atoms with Gasteiger partial charge in [0.1, 0.15) is 16.5 Å². The molecule has 118 valence electrons. The van der Waals surface area contributed by atoms with Gasteiger partial charge in [0.15, 0.2) is 0 Å². The van der Waals surface area contributed by atoms with Crippen LogP contribution in [0.1, 0.15) is 24.6 Å². The molecule has 2 aromatic heterocycles. The zero-order valence-electron chi connectivity index (χ0n) is 11.7. The van der Waals surface area contributed by atoms with Crippen LogP contribution in [0.3, 0.4) is 0 Å². The zero-order valence-corrected chi connectivity index (χ0v) is 13.3. The number of nitrogens with two attached hydrogens (primary N) is 1. The maximum absolute atomic E-state index is 12.7. The molecule has 0 spiro atoms. The smallest absolute Gasteiger partial charge is 0.246 e. The lowest BCUT2D eigenvalue weighted by Crippen LogP contribution is -2.38. The fourth-order valence-corrected chi connectivity index (χ4v) is 4.43. The van der Waals surface area contributed by atoms with Crippen LogP contribution in [-0.2, 0) is 10.0 Å². The second kappa shape index (κ2) is 5.86. The molecular weight excluding hydrogens is 326 g/mol. The lowest BCUT2D eigenvalue weighted by molar-refractivity contribution is 0.314. The summed E-state index contributed by atoms with van der Waals surface area (Å²) in [5, 5.41) is 0.248. The summed E-state index contributed by atoms with van der Waals surface area (Å²) < 4.78 is 26.8. The number of nitrogen functional groups attached to an aromatic ring is 1. The number of rotatable bonds is 3. The molecule has 0 atom stereocenters. The van der Waals surface area contributed by atoms with Gasteiger partial charge in [0.25, 0.3) is 0 Å². The van der Waals surface area contributed by atoms with Crippen molar-refractivity contribution in [2.75, 3.05) is 18.8 Å². The third-order valence-electron chi connectivity index (χ3n) is 3.83.